The van der Waals surface area contributed by atoms with Crippen molar-refractivity contribution in [3.8, 4) is 11.4 Å². The molecule has 5 nitrogen and oxygen atoms in total. The third kappa shape index (κ3) is 3.55. The van der Waals surface area contributed by atoms with Crippen LogP contribution in [0.2, 0.25) is 0 Å². The standard InChI is InChI=1S/C18H20N4OS/c1-20(12-15-8-4-3-5-9-15)14-22-18(24)21(13-19-22)16-10-6-7-11-17(16)23-2/h3-11,13H,12,14H2,1-2H3. The van der Waals surface area contributed by atoms with Crippen LogP contribution in [0.4, 0.5) is 0 Å². The van der Waals surface area contributed by atoms with E-state index in [1.54, 1.807) is 13.4 Å². The molecule has 1 heterocycles. The van der Waals surface area contributed by atoms with E-state index in [2.05, 4.69) is 29.2 Å². The Labute approximate surface area is 146 Å². The fourth-order valence-corrected chi connectivity index (χ4v) is 2.85. The van der Waals surface area contributed by atoms with Crippen molar-refractivity contribution in [2.45, 2.75) is 13.2 Å². The first-order valence-corrected chi connectivity index (χ1v) is 8.10. The normalized spacial score (nSPS) is 11.0. The van der Waals surface area contributed by atoms with Gasteiger partial charge in [0, 0.05) is 6.54 Å². The number of ether oxygens (including phenoxy) is 1. The van der Waals surface area contributed by atoms with Gasteiger partial charge in [-0.1, -0.05) is 42.5 Å². The maximum absolute atomic E-state index is 5.58. The lowest BCUT2D eigenvalue weighted by Crippen LogP contribution is -2.22. The molecular formula is C18H20N4OS. The van der Waals surface area contributed by atoms with Crippen LogP contribution in [0.15, 0.2) is 60.9 Å². The maximum atomic E-state index is 5.58. The van der Waals surface area contributed by atoms with Crippen molar-refractivity contribution in [3.05, 3.63) is 71.3 Å². The fraction of sp³-hybridized carbons (Fsp3) is 0.222. The van der Waals surface area contributed by atoms with E-state index in [1.165, 1.54) is 5.56 Å². The summed E-state index contributed by atoms with van der Waals surface area (Å²) in [5, 5.41) is 4.43. The summed E-state index contributed by atoms with van der Waals surface area (Å²) in [5.41, 5.74) is 2.15. The molecule has 0 aliphatic heterocycles. The van der Waals surface area contributed by atoms with Crippen molar-refractivity contribution < 1.29 is 4.74 Å². The number of para-hydroxylation sites is 2. The van der Waals surface area contributed by atoms with Crippen LogP contribution in [0.1, 0.15) is 5.56 Å². The van der Waals surface area contributed by atoms with Gasteiger partial charge in [0.2, 0.25) is 4.77 Å². The number of methoxy groups -OCH3 is 1. The summed E-state index contributed by atoms with van der Waals surface area (Å²) in [6, 6.07) is 18.1. The molecule has 124 valence electrons. The third-order valence-corrected chi connectivity index (χ3v) is 4.16. The average Bonchev–Trinajstić information content (AvgIpc) is 2.96. The Balaban J connectivity index is 1.79. The van der Waals surface area contributed by atoms with E-state index in [-0.39, 0.29) is 0 Å². The van der Waals surface area contributed by atoms with Crippen LogP contribution in [0.5, 0.6) is 5.75 Å². The van der Waals surface area contributed by atoms with Crippen LogP contribution in [-0.2, 0) is 13.2 Å². The first-order valence-electron chi connectivity index (χ1n) is 7.69. The van der Waals surface area contributed by atoms with Crippen LogP contribution in [0.3, 0.4) is 0 Å². The average molecular weight is 340 g/mol. The van der Waals surface area contributed by atoms with Crippen molar-refractivity contribution in [1.29, 1.82) is 0 Å². The van der Waals surface area contributed by atoms with E-state index in [4.69, 9.17) is 17.0 Å². The van der Waals surface area contributed by atoms with Crippen LogP contribution < -0.4 is 4.74 Å². The zero-order chi connectivity index (χ0) is 16.9. The lowest BCUT2D eigenvalue weighted by Gasteiger charge is -2.16. The largest absolute Gasteiger partial charge is 0.495 e. The van der Waals surface area contributed by atoms with Gasteiger partial charge in [-0.05, 0) is 37.0 Å². The molecule has 0 radical (unpaired) electrons. The molecule has 1 aromatic heterocycles. The van der Waals surface area contributed by atoms with Gasteiger partial charge in [0.1, 0.15) is 12.1 Å². The van der Waals surface area contributed by atoms with Crippen molar-refractivity contribution >= 4 is 12.2 Å². The first-order chi connectivity index (χ1) is 11.7. The highest BCUT2D eigenvalue weighted by molar-refractivity contribution is 7.71. The Morgan fingerprint density at radius 3 is 2.54 bits per heavy atom. The summed E-state index contributed by atoms with van der Waals surface area (Å²) < 4.78 is 9.72. The van der Waals surface area contributed by atoms with Gasteiger partial charge in [0.25, 0.3) is 0 Å². The summed E-state index contributed by atoms with van der Waals surface area (Å²) in [6.45, 7) is 1.46. The van der Waals surface area contributed by atoms with Crippen LogP contribution in [0.25, 0.3) is 5.69 Å². The topological polar surface area (TPSA) is 35.2 Å². The Bertz CT molecular complexity index is 857. The van der Waals surface area contributed by atoms with E-state index in [0.717, 1.165) is 18.0 Å². The Kier molecular flexibility index (Phi) is 5.08. The van der Waals surface area contributed by atoms with Crippen molar-refractivity contribution in [2.24, 2.45) is 0 Å². The van der Waals surface area contributed by atoms with Gasteiger partial charge in [-0.25, -0.2) is 4.68 Å². The van der Waals surface area contributed by atoms with E-state index in [9.17, 15) is 0 Å². The predicted octanol–water partition coefficient (Wildman–Crippen LogP) is 3.50. The molecule has 0 unspecified atom stereocenters. The number of benzene rings is 2. The van der Waals surface area contributed by atoms with E-state index in [0.29, 0.717) is 11.4 Å². The predicted molar refractivity (Wildman–Crippen MR) is 96.8 cm³/mol. The Morgan fingerprint density at radius 1 is 1.08 bits per heavy atom. The number of hydrogen-bond acceptors (Lipinski definition) is 4. The van der Waals surface area contributed by atoms with Gasteiger partial charge in [-0.15, -0.1) is 0 Å². The molecule has 0 aliphatic carbocycles. The molecule has 0 saturated heterocycles. The minimum absolute atomic E-state index is 0.621. The van der Waals surface area contributed by atoms with Gasteiger partial charge in [-0.2, -0.15) is 5.10 Å². The number of hydrogen-bond donors (Lipinski definition) is 0. The lowest BCUT2D eigenvalue weighted by molar-refractivity contribution is 0.244. The molecule has 0 atom stereocenters. The summed E-state index contributed by atoms with van der Waals surface area (Å²) >= 11 is 5.58. The zero-order valence-corrected chi connectivity index (χ0v) is 14.6. The molecule has 0 spiro atoms. The highest BCUT2D eigenvalue weighted by atomic mass is 32.1. The molecule has 0 saturated carbocycles. The second-order valence-corrected chi connectivity index (χ2v) is 5.96. The number of aromatic nitrogens is 3. The van der Waals surface area contributed by atoms with E-state index >= 15 is 0 Å². The highest BCUT2D eigenvalue weighted by Crippen LogP contribution is 2.22. The van der Waals surface area contributed by atoms with E-state index in [1.807, 2.05) is 51.7 Å². The molecular weight excluding hydrogens is 320 g/mol. The van der Waals surface area contributed by atoms with Crippen LogP contribution >= 0.6 is 12.2 Å². The molecule has 6 heteroatoms. The molecule has 24 heavy (non-hydrogen) atoms. The van der Waals surface area contributed by atoms with E-state index < -0.39 is 0 Å². The molecule has 0 bridgehead atoms. The smallest absolute Gasteiger partial charge is 0.203 e. The van der Waals surface area contributed by atoms with Crippen molar-refractivity contribution in [2.75, 3.05) is 14.2 Å². The SMILES string of the molecule is COc1ccccc1-n1cnn(CN(C)Cc2ccccc2)c1=S. The Morgan fingerprint density at radius 2 is 1.79 bits per heavy atom. The summed E-state index contributed by atoms with van der Waals surface area (Å²) in [5.74, 6) is 0.769. The molecule has 0 fully saturated rings. The van der Waals surface area contributed by atoms with Gasteiger partial charge in [0.15, 0.2) is 0 Å². The first kappa shape index (κ1) is 16.4. The lowest BCUT2D eigenvalue weighted by atomic mass is 10.2. The monoisotopic (exact) mass is 340 g/mol. The fourth-order valence-electron chi connectivity index (χ4n) is 2.60. The van der Waals surface area contributed by atoms with Gasteiger partial charge in [0.05, 0.1) is 19.5 Å². The number of nitrogens with zero attached hydrogens (tertiary/aromatic N) is 4. The molecule has 0 aliphatic rings. The number of rotatable bonds is 6. The summed E-state index contributed by atoms with van der Waals surface area (Å²) in [7, 11) is 3.71. The second kappa shape index (κ2) is 7.42. The van der Waals surface area contributed by atoms with Crippen molar-refractivity contribution in [3.63, 3.8) is 0 Å². The van der Waals surface area contributed by atoms with Crippen LogP contribution in [0, 0.1) is 4.77 Å². The maximum Gasteiger partial charge on any atom is 0.203 e. The molecule has 3 aromatic rings. The van der Waals surface area contributed by atoms with Crippen LogP contribution in [-0.4, -0.2) is 33.4 Å². The minimum Gasteiger partial charge on any atom is -0.495 e. The van der Waals surface area contributed by atoms with Crippen molar-refractivity contribution in [1.82, 2.24) is 19.2 Å². The van der Waals surface area contributed by atoms with Gasteiger partial charge < -0.3 is 4.74 Å². The second-order valence-electron chi connectivity index (χ2n) is 5.60. The minimum atomic E-state index is 0.621. The van der Waals surface area contributed by atoms with Gasteiger partial charge in [-0.3, -0.25) is 9.47 Å². The summed E-state index contributed by atoms with van der Waals surface area (Å²) in [6.07, 6.45) is 1.73. The quantitative estimate of drug-likeness (QED) is 0.643. The molecule has 3 rings (SSSR count). The summed E-state index contributed by atoms with van der Waals surface area (Å²) in [4.78, 5) is 2.17. The molecule has 2 aromatic carbocycles. The Hall–Kier alpha value is -2.44. The molecule has 0 N–H and O–H groups in total. The zero-order valence-electron chi connectivity index (χ0n) is 13.8. The molecule has 0 amide bonds. The third-order valence-electron chi connectivity index (χ3n) is 3.75. The highest BCUT2D eigenvalue weighted by Gasteiger charge is 2.10. The van der Waals surface area contributed by atoms with Gasteiger partial charge >= 0.3 is 0 Å².